The third kappa shape index (κ3) is 3.10. The fraction of sp³-hybridized carbons (Fsp3) is 0.733. The molecule has 1 aliphatic heterocycles. The van der Waals surface area contributed by atoms with E-state index in [1.54, 1.807) is 7.11 Å². The fourth-order valence-corrected chi connectivity index (χ4v) is 2.46. The first-order valence-corrected chi connectivity index (χ1v) is 7.37. The summed E-state index contributed by atoms with van der Waals surface area (Å²) in [6.07, 6.45) is 1.60. The van der Waals surface area contributed by atoms with Crippen molar-refractivity contribution in [2.24, 2.45) is 0 Å². The van der Waals surface area contributed by atoms with E-state index in [9.17, 15) is 0 Å². The molecule has 1 aromatic heterocycles. The lowest BCUT2D eigenvalue weighted by molar-refractivity contribution is -0.1000. The molecule has 1 fully saturated rings. The zero-order valence-corrected chi connectivity index (χ0v) is 12.9. The molecule has 0 atom stereocenters. The normalized spacial score (nSPS) is 18.2. The summed E-state index contributed by atoms with van der Waals surface area (Å²) in [5.74, 6) is 2.03. The van der Waals surface area contributed by atoms with Gasteiger partial charge in [0.2, 0.25) is 0 Å². The highest BCUT2D eigenvalue weighted by Crippen LogP contribution is 2.34. The van der Waals surface area contributed by atoms with E-state index in [1.807, 2.05) is 6.07 Å². The highest BCUT2D eigenvalue weighted by Gasteiger charge is 2.38. The number of methoxy groups -OCH3 is 1. The number of ether oxygens (including phenoxy) is 2. The predicted octanol–water partition coefficient (Wildman–Crippen LogP) is 2.68. The lowest BCUT2D eigenvalue weighted by Crippen LogP contribution is -2.37. The van der Waals surface area contributed by atoms with Gasteiger partial charge >= 0.3 is 0 Å². The van der Waals surface area contributed by atoms with E-state index >= 15 is 0 Å². The molecule has 2 rings (SSSR count). The maximum atomic E-state index is 5.80. The van der Waals surface area contributed by atoms with Crippen LogP contribution in [0.25, 0.3) is 0 Å². The van der Waals surface area contributed by atoms with Gasteiger partial charge in [0, 0.05) is 51.5 Å². The Morgan fingerprint density at radius 3 is 2.60 bits per heavy atom. The highest BCUT2D eigenvalue weighted by atomic mass is 16.5. The fourth-order valence-electron chi connectivity index (χ4n) is 2.46. The second-order valence-corrected chi connectivity index (χ2v) is 5.50. The van der Waals surface area contributed by atoms with Gasteiger partial charge in [-0.1, -0.05) is 13.8 Å². The van der Waals surface area contributed by atoms with Gasteiger partial charge in [-0.2, -0.15) is 0 Å². The van der Waals surface area contributed by atoms with Crippen molar-refractivity contribution in [3.05, 3.63) is 17.6 Å². The number of hydrogen-bond acceptors (Lipinski definition) is 5. The van der Waals surface area contributed by atoms with E-state index in [1.165, 1.54) is 0 Å². The first kappa shape index (κ1) is 15.2. The van der Waals surface area contributed by atoms with E-state index < -0.39 is 5.60 Å². The van der Waals surface area contributed by atoms with Crippen LogP contribution in [0.4, 0.5) is 5.82 Å². The Balaban J connectivity index is 2.42. The second kappa shape index (κ2) is 6.50. The van der Waals surface area contributed by atoms with Crippen LogP contribution in [-0.2, 0) is 15.1 Å². The van der Waals surface area contributed by atoms with Crippen LogP contribution in [0.15, 0.2) is 6.07 Å². The molecule has 0 amide bonds. The number of nitrogens with zero attached hydrogens (tertiary/aromatic N) is 2. The third-order valence-electron chi connectivity index (χ3n) is 3.79. The van der Waals surface area contributed by atoms with Crippen LogP contribution in [0, 0.1) is 0 Å². The monoisotopic (exact) mass is 279 g/mol. The molecule has 0 aliphatic carbocycles. The summed E-state index contributed by atoms with van der Waals surface area (Å²) < 4.78 is 11.3. The molecular weight excluding hydrogens is 254 g/mol. The molecule has 5 nitrogen and oxygen atoms in total. The zero-order chi connectivity index (χ0) is 14.6. The summed E-state index contributed by atoms with van der Waals surface area (Å²) in [5.41, 5.74) is 0.640. The summed E-state index contributed by atoms with van der Waals surface area (Å²) in [6.45, 7) is 8.59. The minimum atomic E-state index is -0.409. The Kier molecular flexibility index (Phi) is 4.94. The molecule has 1 N–H and O–H groups in total. The Morgan fingerprint density at radius 2 is 2.05 bits per heavy atom. The molecular formula is C15H25N3O2. The van der Waals surface area contributed by atoms with Gasteiger partial charge in [0.15, 0.2) is 5.82 Å². The van der Waals surface area contributed by atoms with E-state index in [2.05, 4.69) is 31.1 Å². The van der Waals surface area contributed by atoms with Gasteiger partial charge in [0.05, 0.1) is 0 Å². The van der Waals surface area contributed by atoms with Crippen molar-refractivity contribution in [2.45, 2.75) is 45.1 Å². The van der Waals surface area contributed by atoms with Crippen LogP contribution in [0.2, 0.25) is 0 Å². The molecule has 2 heterocycles. The number of hydrogen-bond donors (Lipinski definition) is 1. The largest absolute Gasteiger partial charge is 0.381 e. The summed E-state index contributed by atoms with van der Waals surface area (Å²) >= 11 is 0. The van der Waals surface area contributed by atoms with Crippen LogP contribution >= 0.6 is 0 Å². The van der Waals surface area contributed by atoms with Crippen molar-refractivity contribution in [1.82, 2.24) is 9.97 Å². The lowest BCUT2D eigenvalue weighted by atomic mass is 9.92. The lowest BCUT2D eigenvalue weighted by Gasteiger charge is -2.34. The van der Waals surface area contributed by atoms with Gasteiger partial charge in [0.1, 0.15) is 11.4 Å². The maximum absolute atomic E-state index is 5.80. The number of aromatic nitrogens is 2. The molecule has 1 aromatic rings. The molecule has 112 valence electrons. The van der Waals surface area contributed by atoms with Crippen LogP contribution in [0.3, 0.4) is 0 Å². The van der Waals surface area contributed by atoms with Crippen molar-refractivity contribution < 1.29 is 9.47 Å². The van der Waals surface area contributed by atoms with Crippen molar-refractivity contribution in [3.63, 3.8) is 0 Å². The van der Waals surface area contributed by atoms with Crippen molar-refractivity contribution in [1.29, 1.82) is 0 Å². The molecule has 0 spiro atoms. The summed E-state index contributed by atoms with van der Waals surface area (Å²) in [7, 11) is 1.74. The molecule has 20 heavy (non-hydrogen) atoms. The highest BCUT2D eigenvalue weighted by molar-refractivity contribution is 5.37. The zero-order valence-electron chi connectivity index (χ0n) is 12.9. The Bertz CT molecular complexity index is 443. The van der Waals surface area contributed by atoms with E-state index in [4.69, 9.17) is 14.5 Å². The van der Waals surface area contributed by atoms with E-state index in [0.29, 0.717) is 19.1 Å². The number of anilines is 1. The molecule has 0 unspecified atom stereocenters. The molecule has 0 saturated carbocycles. The van der Waals surface area contributed by atoms with Gasteiger partial charge in [-0.15, -0.1) is 0 Å². The maximum Gasteiger partial charge on any atom is 0.163 e. The Hall–Kier alpha value is -1.20. The molecule has 0 aromatic carbocycles. The first-order valence-electron chi connectivity index (χ1n) is 7.37. The third-order valence-corrected chi connectivity index (χ3v) is 3.79. The Morgan fingerprint density at radius 1 is 1.35 bits per heavy atom. The van der Waals surface area contributed by atoms with Crippen molar-refractivity contribution >= 4 is 5.82 Å². The average Bonchev–Trinajstić information content (AvgIpc) is 2.48. The smallest absolute Gasteiger partial charge is 0.163 e. The van der Waals surface area contributed by atoms with Crippen LogP contribution in [0.5, 0.6) is 0 Å². The number of nitrogens with one attached hydrogen (secondary N) is 1. The standard InChI is InChI=1S/C15H25N3O2/c1-5-16-13-10-12(11(2)3)17-14(18-13)15(19-4)6-8-20-9-7-15/h10-11H,5-9H2,1-4H3,(H,16,17,18). The molecule has 5 heteroatoms. The molecule has 1 saturated heterocycles. The summed E-state index contributed by atoms with van der Waals surface area (Å²) in [6, 6.07) is 2.03. The van der Waals surface area contributed by atoms with Crippen molar-refractivity contribution in [3.8, 4) is 0 Å². The second-order valence-electron chi connectivity index (χ2n) is 5.50. The quantitative estimate of drug-likeness (QED) is 0.898. The van der Waals surface area contributed by atoms with Crippen LogP contribution in [0.1, 0.15) is 51.0 Å². The topological polar surface area (TPSA) is 56.3 Å². The number of rotatable bonds is 5. The molecule has 1 aliphatic rings. The van der Waals surface area contributed by atoms with Gasteiger partial charge in [-0.25, -0.2) is 9.97 Å². The summed E-state index contributed by atoms with van der Waals surface area (Å²) in [5, 5.41) is 3.29. The van der Waals surface area contributed by atoms with E-state index in [0.717, 1.165) is 36.7 Å². The van der Waals surface area contributed by atoms with Gasteiger partial charge < -0.3 is 14.8 Å². The van der Waals surface area contributed by atoms with Crippen LogP contribution in [-0.4, -0.2) is 36.8 Å². The minimum Gasteiger partial charge on any atom is -0.381 e. The predicted molar refractivity (Wildman–Crippen MR) is 79.0 cm³/mol. The van der Waals surface area contributed by atoms with Crippen LogP contribution < -0.4 is 5.32 Å². The SMILES string of the molecule is CCNc1cc(C(C)C)nc(C2(OC)CCOCC2)n1. The molecule has 0 radical (unpaired) electrons. The van der Waals surface area contributed by atoms with Gasteiger partial charge in [-0.05, 0) is 12.8 Å². The van der Waals surface area contributed by atoms with Crippen molar-refractivity contribution in [2.75, 3.05) is 32.2 Å². The minimum absolute atomic E-state index is 0.364. The van der Waals surface area contributed by atoms with Gasteiger partial charge in [0.25, 0.3) is 0 Å². The molecule has 0 bridgehead atoms. The first-order chi connectivity index (χ1) is 9.61. The van der Waals surface area contributed by atoms with Gasteiger partial charge in [-0.3, -0.25) is 0 Å². The Labute approximate surface area is 121 Å². The summed E-state index contributed by atoms with van der Waals surface area (Å²) in [4.78, 5) is 9.42. The average molecular weight is 279 g/mol. The van der Waals surface area contributed by atoms with E-state index in [-0.39, 0.29) is 0 Å².